The Kier molecular flexibility index (Phi) is 4.71. The summed E-state index contributed by atoms with van der Waals surface area (Å²) in [6.45, 7) is 2.06. The van der Waals surface area contributed by atoms with Crippen molar-refractivity contribution in [1.29, 1.82) is 0 Å². The molecule has 0 heterocycles. The first-order chi connectivity index (χ1) is 9.60. The van der Waals surface area contributed by atoms with Crippen molar-refractivity contribution in [3.63, 3.8) is 0 Å². The molecular formula is C16H17FO3. The molecule has 0 unspecified atom stereocenters. The predicted octanol–water partition coefficient (Wildman–Crippen LogP) is 3.82. The van der Waals surface area contributed by atoms with E-state index in [-0.39, 0.29) is 5.75 Å². The van der Waals surface area contributed by atoms with Crippen LogP contribution in [0.2, 0.25) is 0 Å². The average molecular weight is 276 g/mol. The highest BCUT2D eigenvalue weighted by atomic mass is 19.1. The minimum atomic E-state index is -0.705. The summed E-state index contributed by atoms with van der Waals surface area (Å²) in [6.07, 6.45) is -0.705. The Morgan fingerprint density at radius 1 is 1.20 bits per heavy atom. The van der Waals surface area contributed by atoms with Gasteiger partial charge in [0.15, 0.2) is 11.6 Å². The van der Waals surface area contributed by atoms with Crippen molar-refractivity contribution in [3.8, 4) is 11.5 Å². The lowest BCUT2D eigenvalue weighted by atomic mass is 10.1. The zero-order chi connectivity index (χ0) is 14.5. The maximum Gasteiger partial charge on any atom is 0.166 e. The molecule has 0 amide bonds. The average Bonchev–Trinajstić information content (AvgIpc) is 2.42. The van der Waals surface area contributed by atoms with E-state index in [2.05, 4.69) is 0 Å². The lowest BCUT2D eigenvalue weighted by Crippen LogP contribution is -1.95. The molecule has 0 radical (unpaired) electrons. The van der Waals surface area contributed by atoms with Gasteiger partial charge < -0.3 is 14.6 Å². The van der Waals surface area contributed by atoms with Gasteiger partial charge in [-0.3, -0.25) is 0 Å². The van der Waals surface area contributed by atoms with E-state index >= 15 is 0 Å². The molecule has 0 aliphatic rings. The third kappa shape index (κ3) is 3.56. The first-order valence-electron chi connectivity index (χ1n) is 6.33. The first-order valence-corrected chi connectivity index (χ1v) is 6.33. The van der Waals surface area contributed by atoms with Gasteiger partial charge in [0.1, 0.15) is 5.75 Å². The number of hydrogen-bond donors (Lipinski definition) is 1. The molecule has 0 bridgehead atoms. The Morgan fingerprint density at radius 3 is 2.65 bits per heavy atom. The van der Waals surface area contributed by atoms with Gasteiger partial charge in [0.05, 0.1) is 12.7 Å². The van der Waals surface area contributed by atoms with E-state index in [0.717, 1.165) is 5.56 Å². The highest BCUT2D eigenvalue weighted by Gasteiger charge is 2.09. The van der Waals surface area contributed by atoms with Gasteiger partial charge in [0.2, 0.25) is 0 Å². The Bertz CT molecular complexity index is 582. The van der Waals surface area contributed by atoms with Gasteiger partial charge in [-0.25, -0.2) is 4.39 Å². The second kappa shape index (κ2) is 6.50. The van der Waals surface area contributed by atoms with E-state index < -0.39 is 11.9 Å². The van der Waals surface area contributed by atoms with Crippen LogP contribution in [0.25, 0.3) is 0 Å². The Morgan fingerprint density at radius 2 is 2.00 bits per heavy atom. The van der Waals surface area contributed by atoms with Gasteiger partial charge in [-0.1, -0.05) is 18.2 Å². The van der Waals surface area contributed by atoms with Crippen LogP contribution in [0.5, 0.6) is 11.5 Å². The van der Waals surface area contributed by atoms with E-state index in [0.29, 0.717) is 17.9 Å². The molecule has 2 rings (SSSR count). The van der Waals surface area contributed by atoms with Crippen LogP contribution in [0.4, 0.5) is 4.39 Å². The van der Waals surface area contributed by atoms with Gasteiger partial charge in [-0.15, -0.1) is 0 Å². The molecule has 0 spiro atoms. The third-order valence-electron chi connectivity index (χ3n) is 2.88. The van der Waals surface area contributed by atoms with Gasteiger partial charge in [0, 0.05) is 7.11 Å². The van der Waals surface area contributed by atoms with E-state index in [1.807, 2.05) is 12.1 Å². The number of benzene rings is 2. The number of methoxy groups -OCH3 is 1. The summed E-state index contributed by atoms with van der Waals surface area (Å²) in [6, 6.07) is 11.7. The van der Waals surface area contributed by atoms with E-state index in [4.69, 9.17) is 9.47 Å². The molecule has 1 N–H and O–H groups in total. The van der Waals surface area contributed by atoms with Gasteiger partial charge in [-0.2, -0.15) is 0 Å². The third-order valence-corrected chi connectivity index (χ3v) is 2.88. The van der Waals surface area contributed by atoms with Crippen LogP contribution < -0.4 is 4.74 Å². The molecule has 3 nitrogen and oxygen atoms in total. The monoisotopic (exact) mass is 276 g/mol. The van der Waals surface area contributed by atoms with Crippen LogP contribution in [-0.4, -0.2) is 12.2 Å². The smallest absolute Gasteiger partial charge is 0.166 e. The highest BCUT2D eigenvalue weighted by molar-refractivity contribution is 5.36. The SMILES string of the molecule is COCc1cccc(Oc2ccc([C@@H](C)O)cc2F)c1. The lowest BCUT2D eigenvalue weighted by molar-refractivity contribution is 0.184. The zero-order valence-corrected chi connectivity index (χ0v) is 11.5. The Labute approximate surface area is 117 Å². The second-order valence-electron chi connectivity index (χ2n) is 4.55. The molecule has 0 saturated heterocycles. The summed E-state index contributed by atoms with van der Waals surface area (Å²) in [4.78, 5) is 0. The maximum absolute atomic E-state index is 13.9. The van der Waals surface area contributed by atoms with E-state index in [1.165, 1.54) is 12.1 Å². The highest BCUT2D eigenvalue weighted by Crippen LogP contribution is 2.27. The standard InChI is InChI=1S/C16H17FO3/c1-11(18)13-6-7-16(15(17)9-13)20-14-5-3-4-12(8-14)10-19-2/h3-9,11,18H,10H2,1-2H3/t11-/m1/s1. The van der Waals surface area contributed by atoms with Crippen LogP contribution in [0.3, 0.4) is 0 Å². The number of aliphatic hydroxyl groups is 1. The number of rotatable bonds is 5. The summed E-state index contributed by atoms with van der Waals surface area (Å²) < 4.78 is 24.4. The van der Waals surface area contributed by atoms with Gasteiger partial charge in [0.25, 0.3) is 0 Å². The summed E-state index contributed by atoms with van der Waals surface area (Å²) >= 11 is 0. The quantitative estimate of drug-likeness (QED) is 0.902. The van der Waals surface area contributed by atoms with Crippen LogP contribution in [0.15, 0.2) is 42.5 Å². The van der Waals surface area contributed by atoms with Crippen molar-refractivity contribution < 1.29 is 19.0 Å². The summed E-state index contributed by atoms with van der Waals surface area (Å²) in [5.74, 6) is 0.174. The maximum atomic E-state index is 13.9. The molecule has 4 heteroatoms. The van der Waals surface area contributed by atoms with Crippen molar-refractivity contribution in [2.24, 2.45) is 0 Å². The van der Waals surface area contributed by atoms with Crippen molar-refractivity contribution in [2.45, 2.75) is 19.6 Å². The van der Waals surface area contributed by atoms with E-state index in [1.54, 1.807) is 32.2 Å². The molecule has 0 aromatic heterocycles. The molecule has 1 atom stereocenters. The molecule has 0 aliphatic carbocycles. The predicted molar refractivity (Wildman–Crippen MR) is 74.3 cm³/mol. The molecule has 0 fully saturated rings. The summed E-state index contributed by atoms with van der Waals surface area (Å²) in [5, 5.41) is 9.40. The molecule has 20 heavy (non-hydrogen) atoms. The fraction of sp³-hybridized carbons (Fsp3) is 0.250. The minimum Gasteiger partial charge on any atom is -0.454 e. The Balaban J connectivity index is 2.19. The van der Waals surface area contributed by atoms with Crippen molar-refractivity contribution >= 4 is 0 Å². The molecular weight excluding hydrogens is 259 g/mol. The van der Waals surface area contributed by atoms with E-state index in [9.17, 15) is 9.50 Å². The Hall–Kier alpha value is -1.91. The minimum absolute atomic E-state index is 0.129. The topological polar surface area (TPSA) is 38.7 Å². The first kappa shape index (κ1) is 14.5. The van der Waals surface area contributed by atoms with Crippen molar-refractivity contribution in [1.82, 2.24) is 0 Å². The molecule has 2 aromatic carbocycles. The van der Waals surface area contributed by atoms with Crippen LogP contribution in [0.1, 0.15) is 24.2 Å². The number of halogens is 1. The fourth-order valence-electron chi connectivity index (χ4n) is 1.85. The molecule has 0 aliphatic heterocycles. The fourth-order valence-corrected chi connectivity index (χ4v) is 1.85. The normalized spacial score (nSPS) is 12.2. The van der Waals surface area contributed by atoms with Crippen molar-refractivity contribution in [3.05, 3.63) is 59.4 Å². The number of hydrogen-bond acceptors (Lipinski definition) is 3. The van der Waals surface area contributed by atoms with Crippen molar-refractivity contribution in [2.75, 3.05) is 7.11 Å². The zero-order valence-electron chi connectivity index (χ0n) is 11.5. The van der Waals surface area contributed by atoms with Crippen LogP contribution >= 0.6 is 0 Å². The summed E-state index contributed by atoms with van der Waals surface area (Å²) in [7, 11) is 1.61. The van der Waals surface area contributed by atoms with Crippen LogP contribution in [0, 0.1) is 5.82 Å². The van der Waals surface area contributed by atoms with Gasteiger partial charge >= 0.3 is 0 Å². The molecule has 106 valence electrons. The number of ether oxygens (including phenoxy) is 2. The second-order valence-corrected chi connectivity index (χ2v) is 4.55. The summed E-state index contributed by atoms with van der Waals surface area (Å²) in [5.41, 5.74) is 1.47. The largest absolute Gasteiger partial charge is 0.454 e. The van der Waals surface area contributed by atoms with Crippen LogP contribution in [-0.2, 0) is 11.3 Å². The molecule has 2 aromatic rings. The molecule has 0 saturated carbocycles. The number of aliphatic hydroxyl groups excluding tert-OH is 1. The lowest BCUT2D eigenvalue weighted by Gasteiger charge is -2.10. The van der Waals surface area contributed by atoms with Gasteiger partial charge in [-0.05, 0) is 42.3 Å².